The fourth-order valence-electron chi connectivity index (χ4n) is 3.28. The number of carboxylic acids is 1. The largest absolute Gasteiger partial charge is 0.477 e. The first-order valence-corrected chi connectivity index (χ1v) is 13.5. The molecule has 4 rings (SSSR count). The maximum Gasteiger partial charge on any atom is 0.352 e. The monoisotopic (exact) mass is 557 g/mol. The van der Waals surface area contributed by atoms with E-state index < -0.39 is 29.2 Å². The number of amides is 2. The van der Waals surface area contributed by atoms with Gasteiger partial charge in [-0.3, -0.25) is 14.5 Å². The van der Waals surface area contributed by atoms with Gasteiger partial charge in [0.05, 0.1) is 0 Å². The molecule has 0 spiro atoms. The average Bonchev–Trinajstić information content (AvgIpc) is 3.47. The number of rotatable bonds is 10. The zero-order valence-corrected chi connectivity index (χ0v) is 21.3. The average molecular weight is 558 g/mol. The minimum Gasteiger partial charge on any atom is -0.477 e. The zero-order chi connectivity index (χ0) is 25.1. The number of nitrogen functional groups attached to an aromatic ring is 1. The Bertz CT molecular complexity index is 1210. The lowest BCUT2D eigenvalue weighted by Crippen LogP contribution is -2.71. The van der Waals surface area contributed by atoms with E-state index in [2.05, 4.69) is 30.0 Å². The van der Waals surface area contributed by atoms with Crippen molar-refractivity contribution in [3.63, 3.8) is 0 Å². The molecule has 0 saturated carbocycles. The van der Waals surface area contributed by atoms with Gasteiger partial charge in [0, 0.05) is 29.5 Å². The normalized spacial score (nSPS) is 19.9. The Hall–Kier alpha value is -2.80. The van der Waals surface area contributed by atoms with Crippen LogP contribution in [0, 0.1) is 0 Å². The molecule has 1 unspecified atom stereocenters. The van der Waals surface area contributed by atoms with Gasteiger partial charge >= 0.3 is 5.97 Å². The lowest BCUT2D eigenvalue weighted by Gasteiger charge is -2.49. The highest BCUT2D eigenvalue weighted by atomic mass is 32.2. The van der Waals surface area contributed by atoms with Crippen molar-refractivity contribution in [3.05, 3.63) is 22.1 Å². The summed E-state index contributed by atoms with van der Waals surface area (Å²) < 4.78 is 4.63. The van der Waals surface area contributed by atoms with Crippen molar-refractivity contribution in [1.82, 2.24) is 29.8 Å². The number of β-lactam (4-membered cyclic amide) rings is 1. The molecule has 186 valence electrons. The molecule has 35 heavy (non-hydrogen) atoms. The van der Waals surface area contributed by atoms with Gasteiger partial charge < -0.3 is 26.7 Å². The van der Waals surface area contributed by atoms with E-state index in [1.165, 1.54) is 46.9 Å². The summed E-state index contributed by atoms with van der Waals surface area (Å²) in [4.78, 5) is 47.6. The standard InChI is InChI=1S/C17H19N9O5S4/c1-31-24-8(11-21-16(19)35-25-11)12(27)20-9-13(28)26-10(15(29)30)6(4-32-14(9)26)5-33-17-23-22-7(34-17)2-3-18/h9,14H,2-5,18H2,1H3,(H,20,27)(H,29,30)(H2,19,21,25)/b24-8+/t9?,14-/m1/s1. The van der Waals surface area contributed by atoms with Crippen LogP contribution < -0.4 is 16.8 Å². The first-order valence-electron chi connectivity index (χ1n) is 9.90. The number of oxime groups is 1. The number of thioether (sulfide) groups is 2. The number of hydrogen-bond donors (Lipinski definition) is 4. The molecule has 6 N–H and O–H groups in total. The Morgan fingerprint density at radius 2 is 2.20 bits per heavy atom. The Kier molecular flexibility index (Phi) is 7.85. The number of aliphatic carboxylic acids is 1. The minimum atomic E-state index is -1.21. The summed E-state index contributed by atoms with van der Waals surface area (Å²) in [5.41, 5.74) is 11.4. The van der Waals surface area contributed by atoms with Crippen molar-refractivity contribution < 1.29 is 24.3 Å². The van der Waals surface area contributed by atoms with Gasteiger partial charge in [0.1, 0.15) is 29.2 Å². The number of anilines is 1. The topological polar surface area (TPSA) is 212 Å². The van der Waals surface area contributed by atoms with E-state index in [4.69, 9.17) is 16.3 Å². The van der Waals surface area contributed by atoms with Crippen molar-refractivity contribution in [1.29, 1.82) is 0 Å². The van der Waals surface area contributed by atoms with E-state index in [9.17, 15) is 19.5 Å². The third kappa shape index (κ3) is 5.25. The van der Waals surface area contributed by atoms with E-state index in [1.54, 1.807) is 0 Å². The summed E-state index contributed by atoms with van der Waals surface area (Å²) in [5.74, 6) is -1.83. The fourth-order valence-corrected chi connectivity index (χ4v) is 7.11. The van der Waals surface area contributed by atoms with E-state index in [0.29, 0.717) is 34.4 Å². The third-order valence-corrected chi connectivity index (χ3v) is 8.85. The second-order valence-corrected chi connectivity index (χ2v) is 11.2. The molecule has 14 nitrogen and oxygen atoms in total. The van der Waals surface area contributed by atoms with Crippen LogP contribution in [-0.4, -0.2) is 89.6 Å². The lowest BCUT2D eigenvalue weighted by atomic mass is 10.0. The number of nitrogens with two attached hydrogens (primary N) is 2. The molecule has 2 atom stereocenters. The Balaban J connectivity index is 1.46. The molecule has 0 aromatic carbocycles. The molecule has 1 fully saturated rings. The number of carbonyl (C=O) groups excluding carboxylic acids is 2. The summed E-state index contributed by atoms with van der Waals surface area (Å²) in [6, 6.07) is -0.948. The van der Waals surface area contributed by atoms with Crippen molar-refractivity contribution >= 4 is 75.0 Å². The van der Waals surface area contributed by atoms with Crippen LogP contribution in [0.15, 0.2) is 20.8 Å². The molecule has 0 radical (unpaired) electrons. The van der Waals surface area contributed by atoms with Gasteiger partial charge in [-0.05, 0) is 12.1 Å². The van der Waals surface area contributed by atoms with Gasteiger partial charge in [-0.2, -0.15) is 9.36 Å². The number of carboxylic acid groups (broad SMARTS) is 1. The van der Waals surface area contributed by atoms with Crippen LogP contribution in [0.4, 0.5) is 5.13 Å². The van der Waals surface area contributed by atoms with E-state index in [0.717, 1.165) is 16.5 Å². The second-order valence-electron chi connectivity index (χ2n) is 6.99. The van der Waals surface area contributed by atoms with Crippen LogP contribution in [0.3, 0.4) is 0 Å². The van der Waals surface area contributed by atoms with Gasteiger partial charge in [-0.1, -0.05) is 28.3 Å². The Labute approximate surface area is 214 Å². The van der Waals surface area contributed by atoms with Gasteiger partial charge in [-0.25, -0.2) is 4.79 Å². The number of nitrogens with one attached hydrogen (secondary N) is 1. The Morgan fingerprint density at radius 3 is 2.86 bits per heavy atom. The number of hydrogen-bond acceptors (Lipinski definition) is 15. The van der Waals surface area contributed by atoms with Gasteiger partial charge in [0.25, 0.3) is 11.8 Å². The summed E-state index contributed by atoms with van der Waals surface area (Å²) in [7, 11) is 1.25. The molecule has 0 aliphatic carbocycles. The summed E-state index contributed by atoms with van der Waals surface area (Å²) >= 11 is 4.99. The van der Waals surface area contributed by atoms with Crippen LogP contribution in [0.2, 0.25) is 0 Å². The van der Waals surface area contributed by atoms with Crippen molar-refractivity contribution in [3.8, 4) is 0 Å². The fraction of sp³-hybridized carbons (Fsp3) is 0.412. The molecule has 2 aromatic rings. The zero-order valence-electron chi connectivity index (χ0n) is 18.0. The molecule has 2 amide bonds. The number of carbonyl (C=O) groups is 3. The van der Waals surface area contributed by atoms with Gasteiger partial charge in [-0.15, -0.1) is 22.0 Å². The smallest absolute Gasteiger partial charge is 0.352 e. The summed E-state index contributed by atoms with van der Waals surface area (Å²) in [6.07, 6.45) is 0.622. The van der Waals surface area contributed by atoms with Crippen LogP contribution in [0.25, 0.3) is 0 Å². The van der Waals surface area contributed by atoms with Crippen molar-refractivity contribution in [2.75, 3.05) is 30.9 Å². The first-order chi connectivity index (χ1) is 16.8. The molecule has 4 heterocycles. The quantitative estimate of drug-likeness (QED) is 0.124. The third-order valence-electron chi connectivity index (χ3n) is 4.76. The van der Waals surface area contributed by atoms with E-state index in [-0.39, 0.29) is 22.4 Å². The number of aromatic nitrogens is 4. The molecule has 18 heteroatoms. The first kappa shape index (κ1) is 25.3. The maximum absolute atomic E-state index is 12.9. The molecule has 2 aliphatic heterocycles. The minimum absolute atomic E-state index is 0.0384. The van der Waals surface area contributed by atoms with Crippen LogP contribution in [0.5, 0.6) is 0 Å². The van der Waals surface area contributed by atoms with Gasteiger partial charge in [0.15, 0.2) is 9.47 Å². The predicted octanol–water partition coefficient (Wildman–Crippen LogP) is -0.646. The van der Waals surface area contributed by atoms with Crippen LogP contribution >= 0.6 is 46.4 Å². The SMILES string of the molecule is CO/N=C(/C(=O)NC1C(=O)N2C(C(=O)O)=C(CSc3nnc(CCN)s3)CS[C@H]12)c1nsc(N)n1. The molecule has 0 bridgehead atoms. The van der Waals surface area contributed by atoms with Crippen LogP contribution in [-0.2, 0) is 25.6 Å². The highest BCUT2D eigenvalue weighted by Crippen LogP contribution is 2.41. The lowest BCUT2D eigenvalue weighted by molar-refractivity contribution is -0.150. The van der Waals surface area contributed by atoms with Crippen molar-refractivity contribution in [2.45, 2.75) is 22.2 Å². The van der Waals surface area contributed by atoms with Crippen LogP contribution in [0.1, 0.15) is 10.8 Å². The van der Waals surface area contributed by atoms with E-state index >= 15 is 0 Å². The summed E-state index contributed by atoms with van der Waals surface area (Å²) in [6.45, 7) is 0.466. The molecular weight excluding hydrogens is 539 g/mol. The number of fused-ring (bicyclic) bond motifs is 1. The molecule has 2 aromatic heterocycles. The highest BCUT2D eigenvalue weighted by Gasteiger charge is 2.54. The number of nitrogens with zero attached hydrogens (tertiary/aromatic N) is 6. The van der Waals surface area contributed by atoms with E-state index in [1.807, 2.05) is 0 Å². The second kappa shape index (κ2) is 10.9. The Morgan fingerprint density at radius 1 is 1.40 bits per heavy atom. The molecule has 2 aliphatic rings. The molecule has 1 saturated heterocycles. The predicted molar refractivity (Wildman–Crippen MR) is 131 cm³/mol. The highest BCUT2D eigenvalue weighted by molar-refractivity contribution is 8.01. The molecular formula is C17H19N9O5S4. The van der Waals surface area contributed by atoms with Gasteiger partial charge in [0.2, 0.25) is 11.5 Å². The summed E-state index contributed by atoms with van der Waals surface area (Å²) in [5, 5.41) is 24.6. The maximum atomic E-state index is 12.9. The van der Waals surface area contributed by atoms with Crippen molar-refractivity contribution in [2.24, 2.45) is 10.9 Å².